The molecule has 0 spiro atoms. The van der Waals surface area contributed by atoms with Crippen LogP contribution in [0.3, 0.4) is 0 Å². The molecule has 0 aromatic heterocycles. The fourth-order valence-corrected chi connectivity index (χ4v) is 1.36. The number of nitrogens with one attached hydrogen (secondary N) is 1. The zero-order valence-electron chi connectivity index (χ0n) is 10.8. The van der Waals surface area contributed by atoms with Crippen LogP contribution in [0.4, 0.5) is 0 Å². The molecule has 0 aliphatic carbocycles. The van der Waals surface area contributed by atoms with Gasteiger partial charge in [0.05, 0.1) is 0 Å². The van der Waals surface area contributed by atoms with Gasteiger partial charge in [0.15, 0.2) is 0 Å². The van der Waals surface area contributed by atoms with Crippen LogP contribution in [0.5, 0.6) is 0 Å². The molecule has 98 valence electrons. The van der Waals surface area contributed by atoms with Crippen molar-refractivity contribution in [2.75, 3.05) is 13.1 Å². The van der Waals surface area contributed by atoms with E-state index in [0.717, 1.165) is 32.2 Å². The number of carbonyl (C=O) groups excluding carboxylic acids is 1. The predicted octanol–water partition coefficient (Wildman–Crippen LogP) is 2.48. The molecular weight excluding hydrogens is 224 g/mol. The molecule has 0 aliphatic heterocycles. The van der Waals surface area contributed by atoms with E-state index >= 15 is 0 Å². The molecule has 0 unspecified atom stereocenters. The van der Waals surface area contributed by atoms with Crippen molar-refractivity contribution in [1.29, 1.82) is 0 Å². The van der Waals surface area contributed by atoms with Gasteiger partial charge in [-0.2, -0.15) is 0 Å². The summed E-state index contributed by atoms with van der Waals surface area (Å²) in [5, 5.41) is 2.91. The monoisotopic (exact) mass is 250 g/mol. The maximum Gasteiger partial charge on any atom is 0.219 e. The SMILES string of the molecule is CC(C)(C)CCCC(=O)NCCCCN.Cl. The summed E-state index contributed by atoms with van der Waals surface area (Å²) in [6.45, 7) is 8.08. The van der Waals surface area contributed by atoms with Gasteiger partial charge in [-0.1, -0.05) is 20.8 Å². The molecule has 0 bridgehead atoms. The summed E-state index contributed by atoms with van der Waals surface area (Å²) in [6.07, 6.45) is 4.71. The zero-order valence-corrected chi connectivity index (χ0v) is 11.7. The van der Waals surface area contributed by atoms with Gasteiger partial charge in [-0.3, -0.25) is 4.79 Å². The molecule has 3 N–H and O–H groups in total. The van der Waals surface area contributed by atoms with Gasteiger partial charge in [-0.15, -0.1) is 12.4 Å². The van der Waals surface area contributed by atoms with Gasteiger partial charge >= 0.3 is 0 Å². The lowest BCUT2D eigenvalue weighted by Gasteiger charge is -2.17. The molecule has 0 rings (SSSR count). The van der Waals surface area contributed by atoms with E-state index in [0.29, 0.717) is 18.4 Å². The minimum atomic E-state index is 0. The molecule has 0 fully saturated rings. The average molecular weight is 251 g/mol. The lowest BCUT2D eigenvalue weighted by atomic mass is 9.90. The number of hydrogen-bond donors (Lipinski definition) is 2. The largest absolute Gasteiger partial charge is 0.356 e. The Morgan fingerprint density at radius 1 is 1.19 bits per heavy atom. The molecule has 0 aromatic rings. The molecule has 1 amide bonds. The quantitative estimate of drug-likeness (QED) is 0.682. The van der Waals surface area contributed by atoms with Crippen LogP contribution in [0.25, 0.3) is 0 Å². The summed E-state index contributed by atoms with van der Waals surface area (Å²) in [5.41, 5.74) is 5.69. The first kappa shape index (κ1) is 18.1. The van der Waals surface area contributed by atoms with E-state index in [2.05, 4.69) is 26.1 Å². The van der Waals surface area contributed by atoms with Crippen molar-refractivity contribution in [2.24, 2.45) is 11.1 Å². The molecule has 16 heavy (non-hydrogen) atoms. The maximum absolute atomic E-state index is 11.3. The van der Waals surface area contributed by atoms with Gasteiger partial charge in [0.25, 0.3) is 0 Å². The third-order valence-electron chi connectivity index (χ3n) is 2.28. The van der Waals surface area contributed by atoms with Gasteiger partial charge < -0.3 is 11.1 Å². The number of unbranched alkanes of at least 4 members (excludes halogenated alkanes) is 1. The van der Waals surface area contributed by atoms with Crippen molar-refractivity contribution in [3.8, 4) is 0 Å². The van der Waals surface area contributed by atoms with Crippen molar-refractivity contribution in [3.63, 3.8) is 0 Å². The molecule has 0 saturated carbocycles. The summed E-state index contributed by atoms with van der Waals surface area (Å²) in [6, 6.07) is 0. The van der Waals surface area contributed by atoms with Crippen molar-refractivity contribution in [2.45, 2.75) is 52.9 Å². The van der Waals surface area contributed by atoms with Crippen molar-refractivity contribution >= 4 is 18.3 Å². The molecule has 0 radical (unpaired) electrons. The lowest BCUT2D eigenvalue weighted by molar-refractivity contribution is -0.121. The Kier molecular flexibility index (Phi) is 11.2. The van der Waals surface area contributed by atoms with Crippen LogP contribution in [0.15, 0.2) is 0 Å². The summed E-state index contributed by atoms with van der Waals surface area (Å²) < 4.78 is 0. The summed E-state index contributed by atoms with van der Waals surface area (Å²) in [4.78, 5) is 11.3. The number of halogens is 1. The van der Waals surface area contributed by atoms with Gasteiger partial charge in [0.1, 0.15) is 0 Å². The van der Waals surface area contributed by atoms with Crippen LogP contribution < -0.4 is 11.1 Å². The fraction of sp³-hybridized carbons (Fsp3) is 0.917. The first-order valence-electron chi connectivity index (χ1n) is 5.92. The van der Waals surface area contributed by atoms with Gasteiger partial charge in [-0.05, 0) is 37.6 Å². The van der Waals surface area contributed by atoms with E-state index in [1.54, 1.807) is 0 Å². The normalized spacial score (nSPS) is 10.8. The number of hydrogen-bond acceptors (Lipinski definition) is 2. The molecule has 3 nitrogen and oxygen atoms in total. The van der Waals surface area contributed by atoms with E-state index in [-0.39, 0.29) is 18.3 Å². The van der Waals surface area contributed by atoms with Crippen LogP contribution in [-0.4, -0.2) is 19.0 Å². The highest BCUT2D eigenvalue weighted by atomic mass is 35.5. The number of nitrogens with two attached hydrogens (primary N) is 1. The molecule has 0 saturated heterocycles. The number of rotatable bonds is 7. The Bertz CT molecular complexity index is 178. The van der Waals surface area contributed by atoms with Gasteiger partial charge in [0, 0.05) is 13.0 Å². The highest BCUT2D eigenvalue weighted by molar-refractivity contribution is 5.85. The van der Waals surface area contributed by atoms with Gasteiger partial charge in [0.2, 0.25) is 5.91 Å². The Hall–Kier alpha value is -0.280. The minimum absolute atomic E-state index is 0. The molecule has 0 atom stereocenters. The molecule has 0 aromatic carbocycles. The molecule has 0 aliphatic rings. The standard InChI is InChI=1S/C12H26N2O.ClH/c1-12(2,3)8-6-7-11(15)14-10-5-4-9-13;/h4-10,13H2,1-3H3,(H,14,15);1H. The van der Waals surface area contributed by atoms with Crippen molar-refractivity contribution < 1.29 is 4.79 Å². The van der Waals surface area contributed by atoms with Crippen molar-refractivity contribution in [1.82, 2.24) is 5.32 Å². The predicted molar refractivity (Wildman–Crippen MR) is 71.9 cm³/mol. The molecule has 4 heteroatoms. The summed E-state index contributed by atoms with van der Waals surface area (Å²) in [7, 11) is 0. The Morgan fingerprint density at radius 2 is 1.81 bits per heavy atom. The highest BCUT2D eigenvalue weighted by Gasteiger charge is 2.10. The van der Waals surface area contributed by atoms with E-state index in [9.17, 15) is 4.79 Å². The maximum atomic E-state index is 11.3. The lowest BCUT2D eigenvalue weighted by Crippen LogP contribution is -2.24. The topological polar surface area (TPSA) is 55.1 Å². The van der Waals surface area contributed by atoms with Crippen LogP contribution in [-0.2, 0) is 4.79 Å². The smallest absolute Gasteiger partial charge is 0.219 e. The van der Waals surface area contributed by atoms with Crippen LogP contribution >= 0.6 is 12.4 Å². The van der Waals surface area contributed by atoms with E-state index in [1.807, 2.05) is 0 Å². The van der Waals surface area contributed by atoms with E-state index < -0.39 is 0 Å². The van der Waals surface area contributed by atoms with Crippen molar-refractivity contribution in [3.05, 3.63) is 0 Å². The Balaban J connectivity index is 0. The van der Waals surface area contributed by atoms with E-state index in [4.69, 9.17) is 5.73 Å². The second kappa shape index (κ2) is 9.91. The number of amides is 1. The third-order valence-corrected chi connectivity index (χ3v) is 2.28. The summed E-state index contributed by atoms with van der Waals surface area (Å²) in [5.74, 6) is 0.177. The summed E-state index contributed by atoms with van der Waals surface area (Å²) >= 11 is 0. The molecular formula is C12H27ClN2O. The first-order chi connectivity index (χ1) is 6.95. The van der Waals surface area contributed by atoms with E-state index in [1.165, 1.54) is 0 Å². The second-order valence-corrected chi connectivity index (χ2v) is 5.26. The average Bonchev–Trinajstić information content (AvgIpc) is 2.10. The van der Waals surface area contributed by atoms with Gasteiger partial charge in [-0.25, -0.2) is 0 Å². The first-order valence-corrected chi connectivity index (χ1v) is 5.92. The number of carbonyl (C=O) groups is 1. The fourth-order valence-electron chi connectivity index (χ4n) is 1.36. The minimum Gasteiger partial charge on any atom is -0.356 e. The van der Waals surface area contributed by atoms with Crippen LogP contribution in [0.1, 0.15) is 52.9 Å². The zero-order chi connectivity index (χ0) is 11.7. The Morgan fingerprint density at radius 3 is 2.31 bits per heavy atom. The third kappa shape index (κ3) is 13.7. The second-order valence-electron chi connectivity index (χ2n) is 5.26. The Labute approximate surface area is 106 Å². The highest BCUT2D eigenvalue weighted by Crippen LogP contribution is 2.21. The van der Waals surface area contributed by atoms with Crippen LogP contribution in [0, 0.1) is 5.41 Å². The molecule has 0 heterocycles. The van der Waals surface area contributed by atoms with Crippen LogP contribution in [0.2, 0.25) is 0 Å².